The summed E-state index contributed by atoms with van der Waals surface area (Å²) in [6.07, 6.45) is 1.71. The molecule has 2 heterocycles. The van der Waals surface area contributed by atoms with Crippen molar-refractivity contribution < 1.29 is 9.47 Å². The van der Waals surface area contributed by atoms with Gasteiger partial charge in [0.2, 0.25) is 5.88 Å². The van der Waals surface area contributed by atoms with Crippen LogP contribution in [0.1, 0.15) is 6.92 Å². The van der Waals surface area contributed by atoms with Gasteiger partial charge in [-0.2, -0.15) is 0 Å². The lowest BCUT2D eigenvalue weighted by atomic mass is 10.2. The van der Waals surface area contributed by atoms with Gasteiger partial charge in [-0.25, -0.2) is 9.97 Å². The number of methoxy groups -OCH3 is 1. The number of hydrogen-bond donors (Lipinski definition) is 1. The third-order valence-corrected chi connectivity index (χ3v) is 2.75. The van der Waals surface area contributed by atoms with E-state index in [9.17, 15) is 0 Å². The molecular formula is C11H18N4O2. The molecule has 2 atom stereocenters. The zero-order valence-electron chi connectivity index (χ0n) is 10.2. The van der Waals surface area contributed by atoms with Gasteiger partial charge >= 0.3 is 0 Å². The predicted octanol–water partition coefficient (Wildman–Crippen LogP) is 0.0376. The van der Waals surface area contributed by atoms with E-state index in [4.69, 9.17) is 15.2 Å². The van der Waals surface area contributed by atoms with E-state index in [1.54, 1.807) is 7.11 Å². The van der Waals surface area contributed by atoms with Gasteiger partial charge in [0.1, 0.15) is 12.1 Å². The maximum absolute atomic E-state index is 5.70. The van der Waals surface area contributed by atoms with Gasteiger partial charge in [0.05, 0.1) is 19.3 Å². The van der Waals surface area contributed by atoms with Crippen molar-refractivity contribution in [3.05, 3.63) is 12.4 Å². The molecule has 6 nitrogen and oxygen atoms in total. The summed E-state index contributed by atoms with van der Waals surface area (Å²) >= 11 is 0. The summed E-state index contributed by atoms with van der Waals surface area (Å²) in [6, 6.07) is 1.83. The van der Waals surface area contributed by atoms with Gasteiger partial charge in [-0.15, -0.1) is 0 Å². The molecule has 1 aromatic rings. The second kappa shape index (κ2) is 5.29. The lowest BCUT2D eigenvalue weighted by Gasteiger charge is -2.37. The molecule has 1 saturated heterocycles. The van der Waals surface area contributed by atoms with Gasteiger partial charge in [-0.05, 0) is 6.92 Å². The number of nitrogens with two attached hydrogens (primary N) is 1. The van der Waals surface area contributed by atoms with Gasteiger partial charge in [0, 0.05) is 25.7 Å². The first-order valence-electron chi connectivity index (χ1n) is 5.69. The van der Waals surface area contributed by atoms with Gasteiger partial charge in [-0.3, -0.25) is 0 Å². The van der Waals surface area contributed by atoms with E-state index in [1.165, 1.54) is 6.33 Å². The van der Waals surface area contributed by atoms with Crippen LogP contribution in [-0.4, -0.2) is 48.9 Å². The van der Waals surface area contributed by atoms with E-state index in [0.717, 1.165) is 18.9 Å². The third-order valence-electron chi connectivity index (χ3n) is 2.75. The molecule has 0 radical (unpaired) electrons. The number of aromatic nitrogens is 2. The molecule has 2 unspecified atom stereocenters. The Morgan fingerprint density at radius 1 is 1.53 bits per heavy atom. The van der Waals surface area contributed by atoms with Crippen LogP contribution in [0.3, 0.4) is 0 Å². The molecule has 2 N–H and O–H groups in total. The second-order valence-electron chi connectivity index (χ2n) is 4.13. The summed E-state index contributed by atoms with van der Waals surface area (Å²) in [5, 5.41) is 0. The number of morpholine rings is 1. The first-order valence-corrected chi connectivity index (χ1v) is 5.69. The molecule has 0 spiro atoms. The molecule has 0 amide bonds. The van der Waals surface area contributed by atoms with Crippen molar-refractivity contribution in [2.75, 3.05) is 31.6 Å². The molecule has 0 aliphatic carbocycles. The Morgan fingerprint density at radius 2 is 2.35 bits per heavy atom. The zero-order chi connectivity index (χ0) is 12.3. The van der Waals surface area contributed by atoms with Crippen LogP contribution in [0.25, 0.3) is 0 Å². The first kappa shape index (κ1) is 12.1. The van der Waals surface area contributed by atoms with E-state index < -0.39 is 0 Å². The van der Waals surface area contributed by atoms with E-state index in [2.05, 4.69) is 14.9 Å². The Bertz CT molecular complexity index is 374. The van der Waals surface area contributed by atoms with Crippen molar-refractivity contribution in [2.45, 2.75) is 19.1 Å². The van der Waals surface area contributed by atoms with Crippen LogP contribution in [0, 0.1) is 0 Å². The molecular weight excluding hydrogens is 220 g/mol. The minimum atomic E-state index is 0.0553. The largest absolute Gasteiger partial charge is 0.481 e. The van der Waals surface area contributed by atoms with Crippen LogP contribution in [0.5, 0.6) is 5.88 Å². The highest BCUT2D eigenvalue weighted by Gasteiger charge is 2.25. The molecule has 0 saturated carbocycles. The van der Waals surface area contributed by atoms with Gasteiger partial charge < -0.3 is 20.1 Å². The fourth-order valence-electron chi connectivity index (χ4n) is 1.98. The Labute approximate surface area is 101 Å². The highest BCUT2D eigenvalue weighted by molar-refractivity contribution is 5.41. The summed E-state index contributed by atoms with van der Waals surface area (Å²) < 4.78 is 10.8. The monoisotopic (exact) mass is 238 g/mol. The van der Waals surface area contributed by atoms with E-state index in [-0.39, 0.29) is 12.2 Å². The number of ether oxygens (including phenoxy) is 2. The molecule has 2 rings (SSSR count). The van der Waals surface area contributed by atoms with E-state index in [1.807, 2.05) is 13.0 Å². The third kappa shape index (κ3) is 2.83. The van der Waals surface area contributed by atoms with Crippen molar-refractivity contribution in [1.82, 2.24) is 9.97 Å². The Kier molecular flexibility index (Phi) is 3.75. The van der Waals surface area contributed by atoms with Crippen LogP contribution in [-0.2, 0) is 4.74 Å². The average Bonchev–Trinajstić information content (AvgIpc) is 2.38. The van der Waals surface area contributed by atoms with Crippen molar-refractivity contribution >= 4 is 5.82 Å². The highest BCUT2D eigenvalue weighted by Crippen LogP contribution is 2.20. The molecule has 1 aliphatic heterocycles. The Morgan fingerprint density at radius 3 is 3.06 bits per heavy atom. The minimum Gasteiger partial charge on any atom is -0.481 e. The molecule has 0 bridgehead atoms. The number of hydrogen-bond acceptors (Lipinski definition) is 6. The molecule has 1 aromatic heterocycles. The molecule has 17 heavy (non-hydrogen) atoms. The van der Waals surface area contributed by atoms with Gasteiger partial charge in [0.15, 0.2) is 0 Å². The summed E-state index contributed by atoms with van der Waals surface area (Å²) in [6.45, 7) is 4.11. The first-order chi connectivity index (χ1) is 8.22. The smallest absolute Gasteiger partial charge is 0.218 e. The minimum absolute atomic E-state index is 0.0553. The van der Waals surface area contributed by atoms with Gasteiger partial charge in [0.25, 0.3) is 0 Å². The van der Waals surface area contributed by atoms with Crippen LogP contribution in [0.2, 0.25) is 0 Å². The molecule has 6 heteroatoms. The van der Waals surface area contributed by atoms with Crippen molar-refractivity contribution in [3.8, 4) is 5.88 Å². The van der Waals surface area contributed by atoms with Crippen molar-refractivity contribution in [1.29, 1.82) is 0 Å². The highest BCUT2D eigenvalue weighted by atomic mass is 16.5. The predicted molar refractivity (Wildman–Crippen MR) is 64.2 cm³/mol. The Hall–Kier alpha value is -1.40. The summed E-state index contributed by atoms with van der Waals surface area (Å²) in [7, 11) is 1.59. The number of anilines is 1. The fourth-order valence-corrected chi connectivity index (χ4v) is 1.98. The van der Waals surface area contributed by atoms with Crippen LogP contribution in [0.15, 0.2) is 12.4 Å². The second-order valence-corrected chi connectivity index (χ2v) is 4.13. The molecule has 0 aromatic carbocycles. The van der Waals surface area contributed by atoms with Gasteiger partial charge in [-0.1, -0.05) is 0 Å². The average molecular weight is 238 g/mol. The van der Waals surface area contributed by atoms with Crippen LogP contribution < -0.4 is 15.4 Å². The maximum Gasteiger partial charge on any atom is 0.218 e. The molecule has 1 fully saturated rings. The summed E-state index contributed by atoms with van der Waals surface area (Å²) in [5.41, 5.74) is 5.65. The van der Waals surface area contributed by atoms with Crippen molar-refractivity contribution in [3.63, 3.8) is 0 Å². The lowest BCUT2D eigenvalue weighted by molar-refractivity contribution is -0.0107. The standard InChI is InChI=1S/C11H18N4O2/c1-8-5-15(6-9(4-12)17-8)10-3-11(16-2)14-7-13-10/h3,7-9H,4-6,12H2,1-2H3. The van der Waals surface area contributed by atoms with E-state index in [0.29, 0.717) is 12.4 Å². The quantitative estimate of drug-likeness (QED) is 0.801. The number of rotatable bonds is 3. The fraction of sp³-hybridized carbons (Fsp3) is 0.636. The summed E-state index contributed by atoms with van der Waals surface area (Å²) in [5.74, 6) is 1.42. The lowest BCUT2D eigenvalue weighted by Crippen LogP contribution is -2.49. The molecule has 94 valence electrons. The van der Waals surface area contributed by atoms with E-state index >= 15 is 0 Å². The van der Waals surface area contributed by atoms with Crippen LogP contribution >= 0.6 is 0 Å². The normalized spacial score (nSPS) is 24.8. The SMILES string of the molecule is COc1cc(N2CC(C)OC(CN)C2)ncn1. The Balaban J connectivity index is 2.14. The summed E-state index contributed by atoms with van der Waals surface area (Å²) in [4.78, 5) is 10.4. The zero-order valence-corrected chi connectivity index (χ0v) is 10.2. The van der Waals surface area contributed by atoms with Crippen LogP contribution in [0.4, 0.5) is 5.82 Å². The number of nitrogens with zero attached hydrogens (tertiary/aromatic N) is 3. The topological polar surface area (TPSA) is 73.5 Å². The van der Waals surface area contributed by atoms with Crippen molar-refractivity contribution in [2.24, 2.45) is 5.73 Å². The maximum atomic E-state index is 5.70. The molecule has 1 aliphatic rings.